The normalized spacial score (nSPS) is 9.53. The summed E-state index contributed by atoms with van der Waals surface area (Å²) in [7, 11) is 2.94. The molecule has 0 heterocycles. The van der Waals surface area contributed by atoms with Crippen LogP contribution in [-0.2, 0) is 0 Å². The van der Waals surface area contributed by atoms with Crippen LogP contribution in [0.5, 0.6) is 11.5 Å². The van der Waals surface area contributed by atoms with E-state index in [0.717, 1.165) is 0 Å². The van der Waals surface area contributed by atoms with Gasteiger partial charge in [0.15, 0.2) is 11.5 Å². The third-order valence-corrected chi connectivity index (χ3v) is 2.29. The van der Waals surface area contributed by atoms with Gasteiger partial charge < -0.3 is 9.47 Å². The second-order valence-electron chi connectivity index (χ2n) is 2.73. The third kappa shape index (κ3) is 2.13. The number of ether oxygens (including phenoxy) is 2. The highest BCUT2D eigenvalue weighted by molar-refractivity contribution is 6.34. The van der Waals surface area contributed by atoms with E-state index in [1.165, 1.54) is 20.3 Å². The Morgan fingerprint density at radius 2 is 2.07 bits per heavy atom. The molecule has 0 radical (unpaired) electrons. The maximum atomic E-state index is 11.4. The first-order valence-corrected chi connectivity index (χ1v) is 4.60. The van der Waals surface area contributed by atoms with Gasteiger partial charge in [0.25, 0.3) is 0 Å². The lowest BCUT2D eigenvalue weighted by atomic mass is 10.1. The van der Waals surface area contributed by atoms with Gasteiger partial charge in [0.2, 0.25) is 0 Å². The van der Waals surface area contributed by atoms with Crippen LogP contribution in [0.1, 0.15) is 10.4 Å². The maximum Gasteiger partial charge on any atom is 0.189 e. The van der Waals surface area contributed by atoms with Gasteiger partial charge in [-0.1, -0.05) is 18.2 Å². The van der Waals surface area contributed by atoms with E-state index in [2.05, 4.69) is 6.58 Å². The Morgan fingerprint density at radius 1 is 1.40 bits per heavy atom. The predicted molar refractivity (Wildman–Crippen MR) is 59.1 cm³/mol. The van der Waals surface area contributed by atoms with E-state index < -0.39 is 0 Å². The minimum absolute atomic E-state index is 0.239. The summed E-state index contributed by atoms with van der Waals surface area (Å²) in [5.74, 6) is 0.534. The molecule has 0 fully saturated rings. The molecule has 0 unspecified atom stereocenters. The molecule has 3 nitrogen and oxygen atoms in total. The van der Waals surface area contributed by atoms with Gasteiger partial charge in [-0.05, 0) is 18.2 Å². The number of hydrogen-bond donors (Lipinski definition) is 0. The minimum Gasteiger partial charge on any atom is -0.495 e. The fourth-order valence-electron chi connectivity index (χ4n) is 1.20. The molecule has 0 saturated carbocycles. The summed E-state index contributed by atoms with van der Waals surface area (Å²) in [5, 5.41) is 0.285. The average Bonchev–Trinajstić information content (AvgIpc) is 2.27. The highest BCUT2D eigenvalue weighted by Gasteiger charge is 2.16. The Morgan fingerprint density at radius 3 is 2.53 bits per heavy atom. The van der Waals surface area contributed by atoms with Gasteiger partial charge in [0.1, 0.15) is 10.8 Å². The number of hydrogen-bond acceptors (Lipinski definition) is 3. The monoisotopic (exact) mass is 226 g/mol. The summed E-state index contributed by atoms with van der Waals surface area (Å²) in [6.07, 6.45) is 1.21. The lowest BCUT2D eigenvalue weighted by molar-refractivity contribution is 0.104. The quantitative estimate of drug-likeness (QED) is 0.585. The lowest BCUT2D eigenvalue weighted by Gasteiger charge is -2.10. The average molecular weight is 227 g/mol. The molecule has 0 aliphatic rings. The van der Waals surface area contributed by atoms with Crippen molar-refractivity contribution < 1.29 is 14.3 Å². The summed E-state index contributed by atoms with van der Waals surface area (Å²) >= 11 is 5.98. The molecule has 0 aromatic heterocycles. The van der Waals surface area contributed by atoms with E-state index in [1.807, 2.05) is 0 Å². The number of methoxy groups -OCH3 is 2. The molecule has 0 aliphatic heterocycles. The molecule has 0 saturated heterocycles. The number of carbonyl (C=O) groups excluding carboxylic acids is 1. The molecular formula is C11H11ClO3. The number of ketones is 1. The minimum atomic E-state index is -0.239. The zero-order valence-electron chi connectivity index (χ0n) is 8.54. The molecule has 1 rings (SSSR count). The SMILES string of the molecule is C=CC(=O)c1ccc(OC)c(Cl)c1OC. The van der Waals surface area contributed by atoms with Crippen molar-refractivity contribution in [3.63, 3.8) is 0 Å². The molecule has 1 aromatic rings. The van der Waals surface area contributed by atoms with Crippen LogP contribution < -0.4 is 9.47 Å². The Kier molecular flexibility index (Phi) is 3.74. The van der Waals surface area contributed by atoms with Crippen molar-refractivity contribution in [1.82, 2.24) is 0 Å². The van der Waals surface area contributed by atoms with Crippen molar-refractivity contribution in [2.24, 2.45) is 0 Å². The van der Waals surface area contributed by atoms with Crippen LogP contribution in [0.3, 0.4) is 0 Å². The largest absolute Gasteiger partial charge is 0.495 e. The first-order chi connectivity index (χ1) is 7.15. The van der Waals surface area contributed by atoms with Crippen molar-refractivity contribution >= 4 is 17.4 Å². The molecule has 15 heavy (non-hydrogen) atoms. The van der Waals surface area contributed by atoms with E-state index in [-0.39, 0.29) is 10.8 Å². The second-order valence-corrected chi connectivity index (χ2v) is 3.11. The van der Waals surface area contributed by atoms with Crippen molar-refractivity contribution in [2.45, 2.75) is 0 Å². The molecule has 0 N–H and O–H groups in total. The Hall–Kier alpha value is -1.48. The molecule has 0 spiro atoms. The van der Waals surface area contributed by atoms with E-state index in [4.69, 9.17) is 21.1 Å². The first kappa shape index (κ1) is 11.6. The van der Waals surface area contributed by atoms with Gasteiger partial charge >= 0.3 is 0 Å². The molecular weight excluding hydrogens is 216 g/mol. The lowest BCUT2D eigenvalue weighted by Crippen LogP contribution is -2.00. The highest BCUT2D eigenvalue weighted by Crippen LogP contribution is 2.36. The van der Waals surface area contributed by atoms with Crippen molar-refractivity contribution in [1.29, 1.82) is 0 Å². The van der Waals surface area contributed by atoms with Crippen LogP contribution in [0.2, 0.25) is 5.02 Å². The summed E-state index contributed by atoms with van der Waals surface area (Å²) in [5.41, 5.74) is 0.373. The van der Waals surface area contributed by atoms with Gasteiger partial charge in [-0.3, -0.25) is 4.79 Å². The van der Waals surface area contributed by atoms with Crippen molar-refractivity contribution in [2.75, 3.05) is 14.2 Å². The number of halogens is 1. The predicted octanol–water partition coefficient (Wildman–Crippen LogP) is 2.73. The van der Waals surface area contributed by atoms with E-state index in [1.54, 1.807) is 12.1 Å². The summed E-state index contributed by atoms with van der Waals surface area (Å²) in [6.45, 7) is 3.41. The molecule has 80 valence electrons. The van der Waals surface area contributed by atoms with Crippen molar-refractivity contribution in [3.8, 4) is 11.5 Å². The maximum absolute atomic E-state index is 11.4. The van der Waals surface area contributed by atoms with Gasteiger partial charge in [-0.25, -0.2) is 0 Å². The third-order valence-electron chi connectivity index (χ3n) is 1.94. The van der Waals surface area contributed by atoms with Gasteiger partial charge in [-0.2, -0.15) is 0 Å². The van der Waals surface area contributed by atoms with Crippen LogP contribution in [0.4, 0.5) is 0 Å². The van der Waals surface area contributed by atoms with Gasteiger partial charge in [0.05, 0.1) is 19.8 Å². The fourth-order valence-corrected chi connectivity index (χ4v) is 1.52. The zero-order chi connectivity index (χ0) is 11.4. The van der Waals surface area contributed by atoms with Crippen LogP contribution >= 0.6 is 11.6 Å². The molecule has 0 bridgehead atoms. The molecule has 0 atom stereocenters. The Labute approximate surface area is 93.3 Å². The van der Waals surface area contributed by atoms with Gasteiger partial charge in [-0.15, -0.1) is 0 Å². The van der Waals surface area contributed by atoms with E-state index in [9.17, 15) is 4.79 Å². The topological polar surface area (TPSA) is 35.5 Å². The first-order valence-electron chi connectivity index (χ1n) is 4.23. The Balaban J connectivity index is 3.36. The summed E-state index contributed by atoms with van der Waals surface area (Å²) in [4.78, 5) is 11.4. The van der Waals surface area contributed by atoms with Crippen LogP contribution in [0.25, 0.3) is 0 Å². The Bertz CT molecular complexity index is 399. The standard InChI is InChI=1S/C11H11ClO3/c1-4-8(13)7-5-6-9(14-2)10(12)11(7)15-3/h4-6H,1H2,2-3H3. The van der Waals surface area contributed by atoms with Crippen LogP contribution in [0, 0.1) is 0 Å². The van der Waals surface area contributed by atoms with Crippen LogP contribution in [0.15, 0.2) is 24.8 Å². The van der Waals surface area contributed by atoms with Crippen molar-refractivity contribution in [3.05, 3.63) is 35.4 Å². The van der Waals surface area contributed by atoms with E-state index >= 15 is 0 Å². The number of rotatable bonds is 4. The summed E-state index contributed by atoms with van der Waals surface area (Å²) < 4.78 is 10.1. The van der Waals surface area contributed by atoms with E-state index in [0.29, 0.717) is 17.1 Å². The highest BCUT2D eigenvalue weighted by atomic mass is 35.5. The zero-order valence-corrected chi connectivity index (χ0v) is 9.30. The molecule has 0 aliphatic carbocycles. The summed E-state index contributed by atoms with van der Waals surface area (Å²) in [6, 6.07) is 3.20. The number of benzene rings is 1. The smallest absolute Gasteiger partial charge is 0.189 e. The van der Waals surface area contributed by atoms with Gasteiger partial charge in [0, 0.05) is 0 Å². The fraction of sp³-hybridized carbons (Fsp3) is 0.182. The number of allylic oxidation sites excluding steroid dienone is 1. The molecule has 0 amide bonds. The molecule has 4 heteroatoms. The van der Waals surface area contributed by atoms with Crippen LogP contribution in [-0.4, -0.2) is 20.0 Å². The second kappa shape index (κ2) is 4.84. The number of carbonyl (C=O) groups is 1. The molecule has 1 aromatic carbocycles.